The van der Waals surface area contributed by atoms with Crippen molar-refractivity contribution in [3.05, 3.63) is 48.4 Å². The second-order valence-corrected chi connectivity index (χ2v) is 3.47. The fraction of sp³-hybridized carbons (Fsp3) is 0.0833. The van der Waals surface area contributed by atoms with Crippen LogP contribution >= 0.6 is 0 Å². The maximum absolute atomic E-state index is 10.7. The number of hydrogen-bond acceptors (Lipinski definition) is 4. The van der Waals surface area contributed by atoms with Crippen LogP contribution < -0.4 is 4.90 Å². The Morgan fingerprint density at radius 1 is 1.24 bits per heavy atom. The standard InChI is InChI=1S/C12H11N3O2/c1-15(11-8-13-6-7-14-11)10-4-2-9(3-5-10)12(16)17/h2-8H,1H3,(H,16,17). The minimum absolute atomic E-state index is 0.265. The molecule has 0 atom stereocenters. The number of nitrogens with zero attached hydrogens (tertiary/aromatic N) is 3. The maximum atomic E-state index is 10.7. The largest absolute Gasteiger partial charge is 0.478 e. The van der Waals surface area contributed by atoms with Gasteiger partial charge in [0.15, 0.2) is 5.82 Å². The fourth-order valence-corrected chi connectivity index (χ4v) is 1.42. The van der Waals surface area contributed by atoms with Gasteiger partial charge in [0.05, 0.1) is 11.8 Å². The summed E-state index contributed by atoms with van der Waals surface area (Å²) in [5, 5.41) is 8.80. The molecule has 0 bridgehead atoms. The number of benzene rings is 1. The van der Waals surface area contributed by atoms with Gasteiger partial charge >= 0.3 is 5.97 Å². The van der Waals surface area contributed by atoms with Gasteiger partial charge in [0.25, 0.3) is 0 Å². The van der Waals surface area contributed by atoms with Crippen LogP contribution in [0.1, 0.15) is 10.4 Å². The van der Waals surface area contributed by atoms with E-state index in [4.69, 9.17) is 5.11 Å². The van der Waals surface area contributed by atoms with Crippen molar-refractivity contribution in [3.8, 4) is 0 Å². The van der Waals surface area contributed by atoms with Crippen LogP contribution in [0.3, 0.4) is 0 Å². The molecular formula is C12H11N3O2. The first-order valence-electron chi connectivity index (χ1n) is 5.01. The summed E-state index contributed by atoms with van der Waals surface area (Å²) in [4.78, 5) is 20.7. The lowest BCUT2D eigenvalue weighted by Crippen LogP contribution is -2.11. The molecule has 1 aromatic carbocycles. The normalized spacial score (nSPS) is 9.94. The fourth-order valence-electron chi connectivity index (χ4n) is 1.42. The van der Waals surface area contributed by atoms with Crippen molar-refractivity contribution in [1.29, 1.82) is 0 Å². The van der Waals surface area contributed by atoms with Gasteiger partial charge in [-0.1, -0.05) is 0 Å². The molecule has 0 unspecified atom stereocenters. The van der Waals surface area contributed by atoms with Gasteiger partial charge in [-0.2, -0.15) is 0 Å². The van der Waals surface area contributed by atoms with E-state index in [9.17, 15) is 4.79 Å². The van der Waals surface area contributed by atoms with Crippen molar-refractivity contribution < 1.29 is 9.90 Å². The van der Waals surface area contributed by atoms with Crippen molar-refractivity contribution in [2.45, 2.75) is 0 Å². The summed E-state index contributed by atoms with van der Waals surface area (Å²) in [5.74, 6) is -0.228. The van der Waals surface area contributed by atoms with Crippen LogP contribution in [0.25, 0.3) is 0 Å². The molecule has 0 aliphatic heterocycles. The Hall–Kier alpha value is -2.43. The van der Waals surface area contributed by atoms with Crippen LogP contribution in [0.15, 0.2) is 42.9 Å². The van der Waals surface area contributed by atoms with Gasteiger partial charge < -0.3 is 10.0 Å². The van der Waals surface area contributed by atoms with E-state index >= 15 is 0 Å². The van der Waals surface area contributed by atoms with Crippen molar-refractivity contribution in [2.75, 3.05) is 11.9 Å². The number of rotatable bonds is 3. The highest BCUT2D eigenvalue weighted by Gasteiger charge is 2.06. The Kier molecular flexibility index (Phi) is 3.00. The van der Waals surface area contributed by atoms with E-state index in [0.717, 1.165) is 5.69 Å². The van der Waals surface area contributed by atoms with Gasteiger partial charge in [0, 0.05) is 25.1 Å². The average molecular weight is 229 g/mol. The number of hydrogen-bond donors (Lipinski definition) is 1. The van der Waals surface area contributed by atoms with Crippen molar-refractivity contribution in [2.24, 2.45) is 0 Å². The number of carbonyl (C=O) groups is 1. The zero-order valence-electron chi connectivity index (χ0n) is 9.24. The average Bonchev–Trinajstić information content (AvgIpc) is 2.39. The Morgan fingerprint density at radius 3 is 2.47 bits per heavy atom. The molecule has 0 amide bonds. The molecule has 0 saturated carbocycles. The summed E-state index contributed by atoms with van der Waals surface area (Å²) in [7, 11) is 1.85. The van der Waals surface area contributed by atoms with Crippen molar-refractivity contribution >= 4 is 17.5 Å². The molecular weight excluding hydrogens is 218 g/mol. The van der Waals surface area contributed by atoms with E-state index < -0.39 is 5.97 Å². The summed E-state index contributed by atoms with van der Waals surface area (Å²) in [5.41, 5.74) is 1.12. The minimum Gasteiger partial charge on any atom is -0.478 e. The highest BCUT2D eigenvalue weighted by atomic mass is 16.4. The van der Waals surface area contributed by atoms with Gasteiger partial charge in [-0.3, -0.25) is 4.98 Å². The second-order valence-electron chi connectivity index (χ2n) is 3.47. The van der Waals surface area contributed by atoms with Gasteiger partial charge in [-0.15, -0.1) is 0 Å². The van der Waals surface area contributed by atoms with Crippen molar-refractivity contribution in [1.82, 2.24) is 9.97 Å². The molecule has 86 valence electrons. The summed E-state index contributed by atoms with van der Waals surface area (Å²) in [6.07, 6.45) is 4.85. The quantitative estimate of drug-likeness (QED) is 0.871. The van der Waals surface area contributed by atoms with Crippen LogP contribution in [0, 0.1) is 0 Å². The molecule has 17 heavy (non-hydrogen) atoms. The third-order valence-electron chi connectivity index (χ3n) is 2.39. The first kappa shape index (κ1) is 11.1. The topological polar surface area (TPSA) is 66.3 Å². The molecule has 0 aliphatic carbocycles. The van der Waals surface area contributed by atoms with E-state index in [-0.39, 0.29) is 5.56 Å². The number of aromatic nitrogens is 2. The zero-order chi connectivity index (χ0) is 12.3. The molecule has 2 rings (SSSR count). The van der Waals surface area contributed by atoms with Gasteiger partial charge in [-0.05, 0) is 24.3 Å². The van der Waals surface area contributed by atoms with Gasteiger partial charge in [-0.25, -0.2) is 9.78 Å². The van der Waals surface area contributed by atoms with Crippen LogP contribution in [-0.2, 0) is 0 Å². The van der Waals surface area contributed by atoms with Crippen molar-refractivity contribution in [3.63, 3.8) is 0 Å². The number of anilines is 2. The van der Waals surface area contributed by atoms with Crippen LogP contribution in [0.4, 0.5) is 11.5 Å². The maximum Gasteiger partial charge on any atom is 0.335 e. The number of carboxylic acid groups (broad SMARTS) is 1. The molecule has 0 spiro atoms. The Morgan fingerprint density at radius 2 is 1.94 bits per heavy atom. The predicted octanol–water partition coefficient (Wildman–Crippen LogP) is 1.94. The summed E-state index contributed by atoms with van der Waals surface area (Å²) in [6.45, 7) is 0. The number of carboxylic acids is 1. The lowest BCUT2D eigenvalue weighted by atomic mass is 10.2. The monoisotopic (exact) mass is 229 g/mol. The molecule has 0 radical (unpaired) electrons. The minimum atomic E-state index is -0.932. The van der Waals surface area contributed by atoms with Crippen LogP contribution in [-0.4, -0.2) is 28.1 Å². The Bertz CT molecular complexity index is 511. The van der Waals surface area contributed by atoms with Gasteiger partial charge in [0.1, 0.15) is 0 Å². The first-order valence-corrected chi connectivity index (χ1v) is 5.01. The molecule has 1 N–H and O–H groups in total. The lowest BCUT2D eigenvalue weighted by molar-refractivity contribution is 0.0697. The van der Waals surface area contributed by atoms with E-state index in [1.165, 1.54) is 0 Å². The van der Waals surface area contributed by atoms with E-state index in [2.05, 4.69) is 9.97 Å². The summed E-state index contributed by atoms with van der Waals surface area (Å²) >= 11 is 0. The van der Waals surface area contributed by atoms with E-state index in [1.54, 1.807) is 42.9 Å². The van der Waals surface area contributed by atoms with Crippen LogP contribution in [0.2, 0.25) is 0 Å². The highest BCUT2D eigenvalue weighted by molar-refractivity contribution is 5.88. The van der Waals surface area contributed by atoms with E-state index in [0.29, 0.717) is 5.82 Å². The van der Waals surface area contributed by atoms with Crippen LogP contribution in [0.5, 0.6) is 0 Å². The smallest absolute Gasteiger partial charge is 0.335 e. The Labute approximate surface area is 98.4 Å². The Balaban J connectivity index is 2.26. The first-order chi connectivity index (χ1) is 8.18. The SMILES string of the molecule is CN(c1ccc(C(=O)O)cc1)c1cnccn1. The molecule has 1 heterocycles. The summed E-state index contributed by atoms with van der Waals surface area (Å²) in [6, 6.07) is 6.59. The molecule has 1 aromatic heterocycles. The highest BCUT2D eigenvalue weighted by Crippen LogP contribution is 2.20. The molecule has 5 heteroatoms. The molecule has 0 fully saturated rings. The lowest BCUT2D eigenvalue weighted by Gasteiger charge is -2.17. The molecule has 2 aromatic rings. The van der Waals surface area contributed by atoms with Gasteiger partial charge in [0.2, 0.25) is 0 Å². The number of aromatic carboxylic acids is 1. The third-order valence-corrected chi connectivity index (χ3v) is 2.39. The summed E-state index contributed by atoms with van der Waals surface area (Å²) < 4.78 is 0. The molecule has 5 nitrogen and oxygen atoms in total. The molecule has 0 saturated heterocycles. The predicted molar refractivity (Wildman–Crippen MR) is 63.5 cm³/mol. The van der Waals surface area contributed by atoms with E-state index in [1.807, 2.05) is 11.9 Å². The zero-order valence-corrected chi connectivity index (χ0v) is 9.24. The second kappa shape index (κ2) is 4.61. The molecule has 0 aliphatic rings. The third kappa shape index (κ3) is 2.39.